The van der Waals surface area contributed by atoms with E-state index in [0.717, 1.165) is 24.3 Å². The van der Waals surface area contributed by atoms with Gasteiger partial charge in [-0.05, 0) is 37.1 Å². The summed E-state index contributed by atoms with van der Waals surface area (Å²) in [4.78, 5) is 2.20. The lowest BCUT2D eigenvalue weighted by Crippen LogP contribution is -2.37. The normalized spacial score (nSPS) is 24.0. The van der Waals surface area contributed by atoms with Crippen LogP contribution in [0.4, 0.5) is 10.1 Å². The molecule has 1 heterocycles. The third-order valence-electron chi connectivity index (χ3n) is 3.40. The molecule has 2 atom stereocenters. The summed E-state index contributed by atoms with van der Waals surface area (Å²) in [7, 11) is 2.05. The van der Waals surface area contributed by atoms with Crippen molar-refractivity contribution in [1.29, 1.82) is 0 Å². The summed E-state index contributed by atoms with van der Waals surface area (Å²) in [6.45, 7) is 2.90. The van der Waals surface area contributed by atoms with Crippen LogP contribution in [0.15, 0.2) is 18.2 Å². The Labute approximate surface area is 110 Å². The highest BCUT2D eigenvalue weighted by molar-refractivity contribution is 9.08. The van der Waals surface area contributed by atoms with Gasteiger partial charge in [0.1, 0.15) is 5.82 Å². The second-order valence-electron chi connectivity index (χ2n) is 4.45. The van der Waals surface area contributed by atoms with Gasteiger partial charge in [0.15, 0.2) is 0 Å². The first kappa shape index (κ1) is 12.8. The van der Waals surface area contributed by atoms with Gasteiger partial charge in [-0.25, -0.2) is 4.39 Å². The zero-order valence-electron chi connectivity index (χ0n) is 10.1. The minimum absolute atomic E-state index is 0.188. The fourth-order valence-corrected chi connectivity index (χ4v) is 2.86. The molecule has 94 valence electrons. The van der Waals surface area contributed by atoms with Gasteiger partial charge >= 0.3 is 0 Å². The molecule has 1 aromatic rings. The zero-order valence-corrected chi connectivity index (χ0v) is 11.7. The lowest BCUT2D eigenvalue weighted by atomic mass is 10.1. The number of ether oxygens (including phenoxy) is 1. The van der Waals surface area contributed by atoms with Crippen molar-refractivity contribution >= 4 is 21.6 Å². The number of anilines is 1. The smallest absolute Gasteiger partial charge is 0.123 e. The van der Waals surface area contributed by atoms with Gasteiger partial charge in [0.25, 0.3) is 0 Å². The highest BCUT2D eigenvalue weighted by atomic mass is 79.9. The number of halogens is 2. The maximum Gasteiger partial charge on any atom is 0.123 e. The Morgan fingerprint density at radius 2 is 2.29 bits per heavy atom. The molecule has 0 spiro atoms. The van der Waals surface area contributed by atoms with Crippen LogP contribution in [0.25, 0.3) is 0 Å². The van der Waals surface area contributed by atoms with Crippen LogP contribution in [0.1, 0.15) is 18.9 Å². The Morgan fingerprint density at radius 1 is 1.53 bits per heavy atom. The van der Waals surface area contributed by atoms with E-state index in [1.807, 2.05) is 6.07 Å². The molecule has 0 saturated carbocycles. The SMILES string of the molecule is CC1OCCC1N(C)c1ccc(F)cc1CBr. The van der Waals surface area contributed by atoms with E-state index >= 15 is 0 Å². The van der Waals surface area contributed by atoms with Crippen LogP contribution < -0.4 is 4.90 Å². The van der Waals surface area contributed by atoms with Crippen molar-refractivity contribution in [3.8, 4) is 0 Å². The number of benzene rings is 1. The second-order valence-corrected chi connectivity index (χ2v) is 5.01. The zero-order chi connectivity index (χ0) is 12.4. The maximum atomic E-state index is 13.2. The van der Waals surface area contributed by atoms with Crippen LogP contribution in [0, 0.1) is 5.82 Å². The fourth-order valence-electron chi connectivity index (χ4n) is 2.41. The van der Waals surface area contributed by atoms with Crippen LogP contribution in [-0.2, 0) is 10.1 Å². The minimum atomic E-state index is -0.188. The second kappa shape index (κ2) is 5.36. The van der Waals surface area contributed by atoms with Crippen molar-refractivity contribution in [2.24, 2.45) is 0 Å². The van der Waals surface area contributed by atoms with Crippen molar-refractivity contribution in [3.05, 3.63) is 29.6 Å². The van der Waals surface area contributed by atoms with Gasteiger partial charge in [-0.3, -0.25) is 0 Å². The first-order valence-corrected chi connectivity index (χ1v) is 6.94. The summed E-state index contributed by atoms with van der Waals surface area (Å²) in [5.41, 5.74) is 2.05. The Balaban J connectivity index is 2.26. The van der Waals surface area contributed by atoms with Crippen LogP contribution in [-0.4, -0.2) is 25.8 Å². The topological polar surface area (TPSA) is 12.5 Å². The molecule has 1 saturated heterocycles. The molecule has 4 heteroatoms. The summed E-state index contributed by atoms with van der Waals surface area (Å²) in [5, 5.41) is 0.659. The monoisotopic (exact) mass is 301 g/mol. The molecule has 1 aliphatic heterocycles. The van der Waals surface area contributed by atoms with Crippen molar-refractivity contribution in [3.63, 3.8) is 0 Å². The largest absolute Gasteiger partial charge is 0.376 e. The van der Waals surface area contributed by atoms with E-state index in [2.05, 4.69) is 34.8 Å². The van der Waals surface area contributed by atoms with Gasteiger partial charge in [0, 0.05) is 24.7 Å². The molecule has 1 aromatic carbocycles. The van der Waals surface area contributed by atoms with Crippen molar-refractivity contribution in [2.45, 2.75) is 30.8 Å². The molecule has 0 amide bonds. The molecule has 2 rings (SSSR count). The van der Waals surface area contributed by atoms with E-state index in [1.165, 1.54) is 6.07 Å². The van der Waals surface area contributed by atoms with Gasteiger partial charge in [-0.2, -0.15) is 0 Å². The summed E-state index contributed by atoms with van der Waals surface area (Å²) in [6.07, 6.45) is 1.25. The molecule has 0 aliphatic carbocycles. The van der Waals surface area contributed by atoms with Crippen molar-refractivity contribution in [2.75, 3.05) is 18.6 Å². The lowest BCUT2D eigenvalue weighted by molar-refractivity contribution is 0.118. The van der Waals surface area contributed by atoms with E-state index in [-0.39, 0.29) is 11.9 Å². The lowest BCUT2D eigenvalue weighted by Gasteiger charge is -2.30. The number of nitrogens with zero attached hydrogens (tertiary/aromatic N) is 1. The Bertz CT molecular complexity index is 399. The van der Waals surface area contributed by atoms with Crippen LogP contribution in [0.3, 0.4) is 0 Å². The molecule has 0 N–H and O–H groups in total. The number of hydrogen-bond donors (Lipinski definition) is 0. The third kappa shape index (κ3) is 2.63. The van der Waals surface area contributed by atoms with Crippen LogP contribution in [0.5, 0.6) is 0 Å². The molecule has 0 aromatic heterocycles. The molecule has 0 bridgehead atoms. The molecule has 0 radical (unpaired) electrons. The molecule has 2 unspecified atom stereocenters. The van der Waals surface area contributed by atoms with E-state index in [4.69, 9.17) is 4.74 Å². The number of rotatable bonds is 3. The Kier molecular flexibility index (Phi) is 4.05. The highest BCUT2D eigenvalue weighted by Crippen LogP contribution is 2.28. The Hall–Kier alpha value is -0.610. The average Bonchev–Trinajstić information content (AvgIpc) is 2.74. The van der Waals surface area contributed by atoms with Gasteiger partial charge in [0.2, 0.25) is 0 Å². The first-order chi connectivity index (χ1) is 8.13. The molecule has 2 nitrogen and oxygen atoms in total. The van der Waals surface area contributed by atoms with Crippen LogP contribution >= 0.6 is 15.9 Å². The van der Waals surface area contributed by atoms with Crippen molar-refractivity contribution < 1.29 is 9.13 Å². The highest BCUT2D eigenvalue weighted by Gasteiger charge is 2.28. The van der Waals surface area contributed by atoms with E-state index in [0.29, 0.717) is 11.4 Å². The Morgan fingerprint density at radius 3 is 2.88 bits per heavy atom. The molecular formula is C13H17BrFNO. The van der Waals surface area contributed by atoms with E-state index in [1.54, 1.807) is 6.07 Å². The average molecular weight is 302 g/mol. The van der Waals surface area contributed by atoms with Gasteiger partial charge < -0.3 is 9.64 Å². The molecular weight excluding hydrogens is 285 g/mol. The fraction of sp³-hybridized carbons (Fsp3) is 0.538. The number of hydrogen-bond acceptors (Lipinski definition) is 2. The summed E-state index contributed by atoms with van der Waals surface area (Å²) in [6, 6.07) is 5.31. The van der Waals surface area contributed by atoms with Gasteiger partial charge in [-0.15, -0.1) is 0 Å². The predicted molar refractivity (Wildman–Crippen MR) is 71.3 cm³/mol. The van der Waals surface area contributed by atoms with Gasteiger partial charge in [0.05, 0.1) is 12.1 Å². The summed E-state index contributed by atoms with van der Waals surface area (Å²) >= 11 is 3.41. The van der Waals surface area contributed by atoms with Crippen LogP contribution in [0.2, 0.25) is 0 Å². The van der Waals surface area contributed by atoms with E-state index in [9.17, 15) is 4.39 Å². The standard InChI is InChI=1S/C13H17BrFNO/c1-9-12(5-6-17-9)16(2)13-4-3-11(15)7-10(13)8-14/h3-4,7,9,12H,5-6,8H2,1-2H3. The van der Waals surface area contributed by atoms with E-state index < -0.39 is 0 Å². The maximum absolute atomic E-state index is 13.2. The van der Waals surface area contributed by atoms with Crippen molar-refractivity contribution in [1.82, 2.24) is 0 Å². The predicted octanol–water partition coefficient (Wildman–Crippen LogP) is 3.33. The first-order valence-electron chi connectivity index (χ1n) is 5.82. The molecule has 17 heavy (non-hydrogen) atoms. The minimum Gasteiger partial charge on any atom is -0.376 e. The number of likely N-dealkylation sites (N-methyl/N-ethyl adjacent to an activating group) is 1. The summed E-state index contributed by atoms with van der Waals surface area (Å²) < 4.78 is 18.8. The molecule has 1 fully saturated rings. The van der Waals surface area contributed by atoms with Gasteiger partial charge in [-0.1, -0.05) is 15.9 Å². The third-order valence-corrected chi connectivity index (χ3v) is 4.00. The molecule has 1 aliphatic rings. The number of alkyl halides is 1. The summed E-state index contributed by atoms with van der Waals surface area (Å²) in [5.74, 6) is -0.188. The quantitative estimate of drug-likeness (QED) is 0.794.